The number of aryl methyl sites for hydroxylation is 1. The van der Waals surface area contributed by atoms with Crippen molar-refractivity contribution in [1.29, 1.82) is 0 Å². The van der Waals surface area contributed by atoms with E-state index in [1.54, 1.807) is 12.4 Å². The van der Waals surface area contributed by atoms with Crippen LogP contribution in [0.3, 0.4) is 0 Å². The SMILES string of the molecule is CCN(Cc1cccc(C)n1)c1ccncc1CO. The average molecular weight is 257 g/mol. The highest BCUT2D eigenvalue weighted by atomic mass is 16.3. The third kappa shape index (κ3) is 3.29. The molecule has 0 aliphatic carbocycles. The first-order valence-corrected chi connectivity index (χ1v) is 6.45. The Labute approximate surface area is 113 Å². The Morgan fingerprint density at radius 1 is 1.26 bits per heavy atom. The molecule has 0 amide bonds. The number of hydrogen-bond donors (Lipinski definition) is 1. The lowest BCUT2D eigenvalue weighted by molar-refractivity contribution is 0.281. The summed E-state index contributed by atoms with van der Waals surface area (Å²) < 4.78 is 0. The fraction of sp³-hybridized carbons (Fsp3) is 0.333. The minimum absolute atomic E-state index is 0.000912. The van der Waals surface area contributed by atoms with E-state index in [1.807, 2.05) is 31.2 Å². The number of anilines is 1. The maximum Gasteiger partial charge on any atom is 0.0717 e. The lowest BCUT2D eigenvalue weighted by Crippen LogP contribution is -2.24. The van der Waals surface area contributed by atoms with Gasteiger partial charge in [0.05, 0.1) is 18.8 Å². The molecule has 2 aromatic heterocycles. The van der Waals surface area contributed by atoms with Crippen molar-refractivity contribution in [1.82, 2.24) is 9.97 Å². The molecular formula is C15H19N3O. The van der Waals surface area contributed by atoms with Crippen LogP contribution in [0.2, 0.25) is 0 Å². The minimum atomic E-state index is 0.000912. The van der Waals surface area contributed by atoms with E-state index in [2.05, 4.69) is 21.8 Å². The molecule has 0 fully saturated rings. The highest BCUT2D eigenvalue weighted by molar-refractivity contribution is 5.52. The van der Waals surface area contributed by atoms with Gasteiger partial charge < -0.3 is 10.0 Å². The molecule has 100 valence electrons. The summed E-state index contributed by atoms with van der Waals surface area (Å²) in [7, 11) is 0. The van der Waals surface area contributed by atoms with Crippen molar-refractivity contribution in [2.75, 3.05) is 11.4 Å². The number of aromatic nitrogens is 2. The van der Waals surface area contributed by atoms with E-state index in [0.717, 1.165) is 35.7 Å². The van der Waals surface area contributed by atoms with E-state index in [4.69, 9.17) is 0 Å². The van der Waals surface area contributed by atoms with E-state index >= 15 is 0 Å². The number of aliphatic hydroxyl groups is 1. The monoisotopic (exact) mass is 257 g/mol. The summed E-state index contributed by atoms with van der Waals surface area (Å²) in [5.74, 6) is 0. The predicted octanol–water partition coefficient (Wildman–Crippen LogP) is 2.30. The first-order chi connectivity index (χ1) is 9.24. The van der Waals surface area contributed by atoms with Crippen molar-refractivity contribution in [2.24, 2.45) is 0 Å². The molecule has 4 heteroatoms. The van der Waals surface area contributed by atoms with Crippen molar-refractivity contribution in [3.8, 4) is 0 Å². The Bertz CT molecular complexity index is 542. The van der Waals surface area contributed by atoms with E-state index in [1.165, 1.54) is 0 Å². The van der Waals surface area contributed by atoms with E-state index in [-0.39, 0.29) is 6.61 Å². The quantitative estimate of drug-likeness (QED) is 0.893. The fourth-order valence-electron chi connectivity index (χ4n) is 2.10. The zero-order valence-corrected chi connectivity index (χ0v) is 11.4. The van der Waals surface area contributed by atoms with Gasteiger partial charge in [-0.1, -0.05) is 6.07 Å². The summed E-state index contributed by atoms with van der Waals surface area (Å²) in [4.78, 5) is 10.8. The van der Waals surface area contributed by atoms with Crippen LogP contribution in [-0.4, -0.2) is 21.6 Å². The molecule has 2 aromatic rings. The Morgan fingerprint density at radius 2 is 2.11 bits per heavy atom. The van der Waals surface area contributed by atoms with Crippen molar-refractivity contribution in [2.45, 2.75) is 27.0 Å². The third-order valence-corrected chi connectivity index (χ3v) is 3.07. The summed E-state index contributed by atoms with van der Waals surface area (Å²) in [6.45, 7) is 5.67. The Hall–Kier alpha value is -1.94. The standard InChI is InChI=1S/C15H19N3O/c1-3-18(10-14-6-4-5-12(2)17-14)15-7-8-16-9-13(15)11-19/h4-9,19H,3,10-11H2,1-2H3. The summed E-state index contributed by atoms with van der Waals surface area (Å²) in [6, 6.07) is 7.97. The van der Waals surface area contributed by atoms with Crippen molar-refractivity contribution in [3.05, 3.63) is 53.6 Å². The van der Waals surface area contributed by atoms with Crippen LogP contribution in [0.1, 0.15) is 23.9 Å². The zero-order valence-electron chi connectivity index (χ0n) is 11.4. The van der Waals surface area contributed by atoms with Gasteiger partial charge in [0.25, 0.3) is 0 Å². The molecule has 19 heavy (non-hydrogen) atoms. The number of pyridine rings is 2. The smallest absolute Gasteiger partial charge is 0.0717 e. The summed E-state index contributed by atoms with van der Waals surface area (Å²) in [5.41, 5.74) is 3.91. The van der Waals surface area contributed by atoms with Crippen LogP contribution in [0, 0.1) is 6.92 Å². The molecule has 4 nitrogen and oxygen atoms in total. The molecule has 0 bridgehead atoms. The van der Waals surface area contributed by atoms with Crippen LogP contribution in [0.5, 0.6) is 0 Å². The van der Waals surface area contributed by atoms with Gasteiger partial charge >= 0.3 is 0 Å². The highest BCUT2D eigenvalue weighted by Crippen LogP contribution is 2.21. The second-order valence-corrected chi connectivity index (χ2v) is 4.45. The van der Waals surface area contributed by atoms with Crippen LogP contribution in [0.25, 0.3) is 0 Å². The van der Waals surface area contributed by atoms with Crippen LogP contribution in [-0.2, 0) is 13.2 Å². The molecule has 0 aliphatic rings. The lowest BCUT2D eigenvalue weighted by Gasteiger charge is -2.24. The molecule has 0 aliphatic heterocycles. The molecular weight excluding hydrogens is 238 g/mol. The summed E-state index contributed by atoms with van der Waals surface area (Å²) in [6.07, 6.45) is 3.46. The molecule has 2 heterocycles. The van der Waals surface area contributed by atoms with Gasteiger partial charge in [-0.15, -0.1) is 0 Å². The van der Waals surface area contributed by atoms with Gasteiger partial charge in [-0.25, -0.2) is 0 Å². The molecule has 0 atom stereocenters. The van der Waals surface area contributed by atoms with Gasteiger partial charge in [0, 0.05) is 35.9 Å². The lowest BCUT2D eigenvalue weighted by atomic mass is 10.2. The average Bonchev–Trinajstić information content (AvgIpc) is 2.45. The zero-order chi connectivity index (χ0) is 13.7. The molecule has 0 unspecified atom stereocenters. The number of rotatable bonds is 5. The molecule has 0 saturated heterocycles. The van der Waals surface area contributed by atoms with Crippen LogP contribution in [0.15, 0.2) is 36.7 Å². The normalized spacial score (nSPS) is 10.5. The number of nitrogens with zero attached hydrogens (tertiary/aromatic N) is 3. The van der Waals surface area contributed by atoms with Crippen LogP contribution >= 0.6 is 0 Å². The molecule has 0 aromatic carbocycles. The van der Waals surface area contributed by atoms with Crippen molar-refractivity contribution in [3.63, 3.8) is 0 Å². The second-order valence-electron chi connectivity index (χ2n) is 4.45. The molecule has 1 N–H and O–H groups in total. The van der Waals surface area contributed by atoms with Gasteiger partial charge in [-0.3, -0.25) is 9.97 Å². The second kappa shape index (κ2) is 6.29. The molecule has 0 radical (unpaired) electrons. The van der Waals surface area contributed by atoms with Gasteiger partial charge in [0.1, 0.15) is 0 Å². The van der Waals surface area contributed by atoms with E-state index in [9.17, 15) is 5.11 Å². The minimum Gasteiger partial charge on any atom is -0.392 e. The Balaban J connectivity index is 2.25. The van der Waals surface area contributed by atoms with Crippen molar-refractivity contribution < 1.29 is 5.11 Å². The predicted molar refractivity (Wildman–Crippen MR) is 75.9 cm³/mol. The van der Waals surface area contributed by atoms with Gasteiger partial charge in [0.2, 0.25) is 0 Å². The number of aliphatic hydroxyl groups excluding tert-OH is 1. The van der Waals surface area contributed by atoms with Gasteiger partial charge in [0.15, 0.2) is 0 Å². The highest BCUT2D eigenvalue weighted by Gasteiger charge is 2.10. The van der Waals surface area contributed by atoms with Crippen LogP contribution in [0.4, 0.5) is 5.69 Å². The first-order valence-electron chi connectivity index (χ1n) is 6.45. The van der Waals surface area contributed by atoms with E-state index in [0.29, 0.717) is 0 Å². The third-order valence-electron chi connectivity index (χ3n) is 3.07. The topological polar surface area (TPSA) is 49.2 Å². The van der Waals surface area contributed by atoms with Crippen LogP contribution < -0.4 is 4.90 Å². The largest absolute Gasteiger partial charge is 0.392 e. The van der Waals surface area contributed by atoms with E-state index < -0.39 is 0 Å². The molecule has 2 rings (SSSR count). The molecule has 0 spiro atoms. The van der Waals surface area contributed by atoms with Gasteiger partial charge in [-0.2, -0.15) is 0 Å². The Morgan fingerprint density at radius 3 is 2.79 bits per heavy atom. The maximum absolute atomic E-state index is 9.39. The fourth-order valence-corrected chi connectivity index (χ4v) is 2.10. The first kappa shape index (κ1) is 13.5. The summed E-state index contributed by atoms with van der Waals surface area (Å²) >= 11 is 0. The maximum atomic E-state index is 9.39. The van der Waals surface area contributed by atoms with Crippen molar-refractivity contribution >= 4 is 5.69 Å². The molecule has 0 saturated carbocycles. The van der Waals surface area contributed by atoms with Gasteiger partial charge in [-0.05, 0) is 32.0 Å². The Kier molecular flexibility index (Phi) is 4.47. The number of hydrogen-bond acceptors (Lipinski definition) is 4. The summed E-state index contributed by atoms with van der Waals surface area (Å²) in [5, 5.41) is 9.39.